The summed E-state index contributed by atoms with van der Waals surface area (Å²) in [5.41, 5.74) is 3.67. The van der Waals surface area contributed by atoms with E-state index in [1.165, 1.54) is 6.92 Å². The molecule has 0 saturated carbocycles. The highest BCUT2D eigenvalue weighted by Gasteiger charge is 2.08. The fourth-order valence-electron chi connectivity index (χ4n) is 2.45. The maximum Gasteiger partial charge on any atom is 0.255 e. The summed E-state index contributed by atoms with van der Waals surface area (Å²) in [5, 5.41) is 5.51. The number of H-pyrrole nitrogens is 1. The first-order valence-electron chi connectivity index (χ1n) is 7.82. The molecule has 0 radical (unpaired) electrons. The van der Waals surface area contributed by atoms with Crippen LogP contribution in [0.4, 0.5) is 11.4 Å². The summed E-state index contributed by atoms with van der Waals surface area (Å²) in [5.74, 6) is 0.436. The number of aromatic nitrogens is 2. The number of benzene rings is 2. The minimum atomic E-state index is -0.239. The number of hydrogen-bond donors (Lipinski definition) is 3. The van der Waals surface area contributed by atoms with Gasteiger partial charge in [-0.15, -0.1) is 0 Å². The fourth-order valence-corrected chi connectivity index (χ4v) is 2.45. The van der Waals surface area contributed by atoms with Crippen LogP contribution in [-0.2, 0) is 4.79 Å². The number of imidazole rings is 1. The van der Waals surface area contributed by atoms with Crippen molar-refractivity contribution >= 4 is 23.2 Å². The van der Waals surface area contributed by atoms with Gasteiger partial charge in [0.25, 0.3) is 5.91 Å². The monoisotopic (exact) mass is 334 g/mol. The quantitative estimate of drug-likeness (QED) is 0.681. The normalized spacial score (nSPS) is 10.3. The van der Waals surface area contributed by atoms with Crippen molar-refractivity contribution in [2.75, 3.05) is 10.6 Å². The van der Waals surface area contributed by atoms with Gasteiger partial charge in [-0.2, -0.15) is 0 Å². The number of hydrogen-bond acceptors (Lipinski definition) is 3. The van der Waals surface area contributed by atoms with Crippen molar-refractivity contribution in [1.82, 2.24) is 9.97 Å². The summed E-state index contributed by atoms with van der Waals surface area (Å²) in [6, 6.07) is 14.3. The number of carbonyl (C=O) groups excluding carboxylic acids is 2. The van der Waals surface area contributed by atoms with Crippen molar-refractivity contribution in [2.24, 2.45) is 0 Å². The van der Waals surface area contributed by atoms with E-state index in [2.05, 4.69) is 20.6 Å². The lowest BCUT2D eigenvalue weighted by Crippen LogP contribution is -2.13. The number of nitrogens with zero attached hydrogens (tertiary/aromatic N) is 1. The predicted molar refractivity (Wildman–Crippen MR) is 97.5 cm³/mol. The molecule has 0 aliphatic rings. The van der Waals surface area contributed by atoms with E-state index in [0.717, 1.165) is 17.1 Å². The topological polar surface area (TPSA) is 86.9 Å². The molecule has 1 heterocycles. The van der Waals surface area contributed by atoms with Crippen molar-refractivity contribution in [3.05, 3.63) is 66.1 Å². The van der Waals surface area contributed by atoms with Crippen LogP contribution >= 0.6 is 0 Å². The molecule has 25 heavy (non-hydrogen) atoms. The van der Waals surface area contributed by atoms with Crippen LogP contribution in [0.3, 0.4) is 0 Å². The summed E-state index contributed by atoms with van der Waals surface area (Å²) >= 11 is 0. The number of nitrogens with one attached hydrogen (secondary N) is 3. The number of anilines is 2. The summed E-state index contributed by atoms with van der Waals surface area (Å²) in [6.07, 6.45) is 1.77. The van der Waals surface area contributed by atoms with Gasteiger partial charge in [-0.25, -0.2) is 4.98 Å². The number of aryl methyl sites for hydroxylation is 1. The van der Waals surface area contributed by atoms with E-state index in [9.17, 15) is 9.59 Å². The molecular weight excluding hydrogens is 316 g/mol. The van der Waals surface area contributed by atoms with E-state index in [-0.39, 0.29) is 11.8 Å². The van der Waals surface area contributed by atoms with E-state index >= 15 is 0 Å². The molecule has 126 valence electrons. The van der Waals surface area contributed by atoms with Crippen LogP contribution in [0.25, 0.3) is 11.3 Å². The Morgan fingerprint density at radius 2 is 1.76 bits per heavy atom. The summed E-state index contributed by atoms with van der Waals surface area (Å²) in [4.78, 5) is 30.8. The number of amides is 2. The lowest BCUT2D eigenvalue weighted by Gasteiger charge is -2.08. The van der Waals surface area contributed by atoms with E-state index in [1.807, 2.05) is 31.2 Å². The second-order valence-electron chi connectivity index (χ2n) is 5.68. The lowest BCUT2D eigenvalue weighted by atomic mass is 10.1. The number of rotatable bonds is 4. The van der Waals surface area contributed by atoms with Crippen molar-refractivity contribution in [1.29, 1.82) is 0 Å². The van der Waals surface area contributed by atoms with Crippen molar-refractivity contribution in [3.8, 4) is 11.3 Å². The molecule has 6 nitrogen and oxygen atoms in total. The Morgan fingerprint density at radius 1 is 1.00 bits per heavy atom. The van der Waals surface area contributed by atoms with Gasteiger partial charge in [-0.1, -0.05) is 18.2 Å². The molecule has 0 aliphatic carbocycles. The largest absolute Gasteiger partial charge is 0.342 e. The third-order valence-corrected chi connectivity index (χ3v) is 3.60. The zero-order chi connectivity index (χ0) is 17.8. The van der Waals surface area contributed by atoms with E-state index in [4.69, 9.17) is 0 Å². The fraction of sp³-hybridized carbons (Fsp3) is 0.105. The third-order valence-electron chi connectivity index (χ3n) is 3.60. The Kier molecular flexibility index (Phi) is 4.61. The molecule has 0 saturated heterocycles. The molecule has 0 atom stereocenters. The minimum absolute atomic E-state index is 0.179. The summed E-state index contributed by atoms with van der Waals surface area (Å²) in [6.45, 7) is 3.32. The minimum Gasteiger partial charge on any atom is -0.342 e. The third kappa shape index (κ3) is 4.11. The van der Waals surface area contributed by atoms with Gasteiger partial charge in [0.05, 0.1) is 11.9 Å². The van der Waals surface area contributed by atoms with Crippen LogP contribution in [0.15, 0.2) is 54.7 Å². The van der Waals surface area contributed by atoms with Crippen LogP contribution in [0.2, 0.25) is 0 Å². The molecule has 0 spiro atoms. The summed E-state index contributed by atoms with van der Waals surface area (Å²) in [7, 11) is 0. The highest BCUT2D eigenvalue weighted by molar-refractivity contribution is 6.05. The van der Waals surface area contributed by atoms with Gasteiger partial charge >= 0.3 is 0 Å². The average molecular weight is 334 g/mol. The summed E-state index contributed by atoms with van der Waals surface area (Å²) < 4.78 is 0. The molecule has 6 heteroatoms. The molecule has 2 amide bonds. The van der Waals surface area contributed by atoms with Crippen LogP contribution in [0.1, 0.15) is 23.1 Å². The smallest absolute Gasteiger partial charge is 0.255 e. The van der Waals surface area contributed by atoms with E-state index in [1.54, 1.807) is 30.5 Å². The van der Waals surface area contributed by atoms with Crippen molar-refractivity contribution in [2.45, 2.75) is 13.8 Å². The standard InChI is InChI=1S/C19H18N4O2/c1-12-20-11-18(21-12)14-6-8-16(9-7-14)23-19(25)15-4-3-5-17(10-15)22-13(2)24/h3-11H,1-2H3,(H,20,21)(H,22,24)(H,23,25). The maximum absolute atomic E-state index is 12.4. The highest BCUT2D eigenvalue weighted by Crippen LogP contribution is 2.20. The lowest BCUT2D eigenvalue weighted by molar-refractivity contribution is -0.114. The zero-order valence-electron chi connectivity index (χ0n) is 14.0. The molecule has 3 aromatic rings. The molecule has 0 aliphatic heterocycles. The van der Waals surface area contributed by atoms with E-state index in [0.29, 0.717) is 16.9 Å². The van der Waals surface area contributed by atoms with Gasteiger partial charge in [0.1, 0.15) is 5.82 Å². The Bertz CT molecular complexity index is 913. The van der Waals surface area contributed by atoms with Gasteiger partial charge < -0.3 is 15.6 Å². The first-order chi connectivity index (χ1) is 12.0. The van der Waals surface area contributed by atoms with Gasteiger partial charge in [0.15, 0.2) is 0 Å². The first-order valence-corrected chi connectivity index (χ1v) is 7.82. The molecule has 0 fully saturated rings. The number of carbonyl (C=O) groups is 2. The van der Waals surface area contributed by atoms with Gasteiger partial charge in [-0.3, -0.25) is 9.59 Å². The van der Waals surface area contributed by atoms with Crippen molar-refractivity contribution in [3.63, 3.8) is 0 Å². The molecule has 1 aromatic heterocycles. The molecular formula is C19H18N4O2. The number of aromatic amines is 1. The van der Waals surface area contributed by atoms with Gasteiger partial charge in [0, 0.05) is 23.9 Å². The zero-order valence-corrected chi connectivity index (χ0v) is 14.0. The Labute approximate surface area is 145 Å². The predicted octanol–water partition coefficient (Wildman–Crippen LogP) is 3.60. The molecule has 2 aromatic carbocycles. The molecule has 0 unspecified atom stereocenters. The Balaban J connectivity index is 1.71. The highest BCUT2D eigenvalue weighted by atomic mass is 16.2. The molecule has 3 rings (SSSR count). The second kappa shape index (κ2) is 7.00. The Morgan fingerprint density at radius 3 is 2.40 bits per heavy atom. The SMILES string of the molecule is CC(=O)Nc1cccc(C(=O)Nc2ccc(-c3cnc(C)[nH]3)cc2)c1. The molecule has 0 bridgehead atoms. The van der Waals surface area contributed by atoms with Crippen LogP contribution in [0, 0.1) is 6.92 Å². The Hall–Kier alpha value is -3.41. The van der Waals surface area contributed by atoms with Crippen molar-refractivity contribution < 1.29 is 9.59 Å². The van der Waals surface area contributed by atoms with Gasteiger partial charge in [-0.05, 0) is 42.8 Å². The first kappa shape index (κ1) is 16.4. The van der Waals surface area contributed by atoms with Crippen LogP contribution in [0.5, 0.6) is 0 Å². The van der Waals surface area contributed by atoms with Gasteiger partial charge in [0.2, 0.25) is 5.91 Å². The van der Waals surface area contributed by atoms with E-state index < -0.39 is 0 Å². The van der Waals surface area contributed by atoms with Crippen LogP contribution in [-0.4, -0.2) is 21.8 Å². The second-order valence-corrected chi connectivity index (χ2v) is 5.68. The average Bonchev–Trinajstić information content (AvgIpc) is 3.01. The maximum atomic E-state index is 12.4. The van der Waals surface area contributed by atoms with Crippen LogP contribution < -0.4 is 10.6 Å². The molecule has 3 N–H and O–H groups in total.